The molecule has 1 fully saturated rings. The van der Waals surface area contributed by atoms with E-state index < -0.39 is 5.63 Å². The van der Waals surface area contributed by atoms with Gasteiger partial charge < -0.3 is 9.32 Å². The Bertz CT molecular complexity index is 664. The van der Waals surface area contributed by atoms with E-state index in [4.69, 9.17) is 4.42 Å². The Balaban J connectivity index is 1.56. The average Bonchev–Trinajstić information content (AvgIpc) is 2.57. The first-order valence-corrected chi connectivity index (χ1v) is 7.64. The molecule has 1 aliphatic rings. The standard InChI is InChI=1S/C18H19NO3/c20-17-7-6-16(13-22-17)18(21)19-10-8-15(9-11-19)12-14-4-2-1-3-5-14/h1-7,13,15H,8-12H2. The largest absolute Gasteiger partial charge is 0.430 e. The third kappa shape index (κ3) is 3.45. The summed E-state index contributed by atoms with van der Waals surface area (Å²) in [6, 6.07) is 13.3. The molecule has 0 saturated carbocycles. The van der Waals surface area contributed by atoms with Gasteiger partial charge in [-0.2, -0.15) is 0 Å². The van der Waals surface area contributed by atoms with Crippen LogP contribution in [0.25, 0.3) is 0 Å². The van der Waals surface area contributed by atoms with Gasteiger partial charge in [-0.15, -0.1) is 0 Å². The molecule has 22 heavy (non-hydrogen) atoms. The molecular formula is C18H19NO3. The van der Waals surface area contributed by atoms with E-state index in [1.807, 2.05) is 11.0 Å². The lowest BCUT2D eigenvalue weighted by Crippen LogP contribution is -2.39. The van der Waals surface area contributed by atoms with Gasteiger partial charge >= 0.3 is 5.63 Å². The van der Waals surface area contributed by atoms with Crippen molar-refractivity contribution < 1.29 is 9.21 Å². The maximum atomic E-state index is 12.3. The lowest BCUT2D eigenvalue weighted by molar-refractivity contribution is 0.0688. The highest BCUT2D eigenvalue weighted by molar-refractivity contribution is 5.93. The van der Waals surface area contributed by atoms with Crippen LogP contribution in [0.15, 0.2) is 57.9 Å². The van der Waals surface area contributed by atoms with Gasteiger partial charge in [0.2, 0.25) is 0 Å². The molecule has 0 bridgehead atoms. The predicted octanol–water partition coefficient (Wildman–Crippen LogP) is 2.73. The normalized spacial score (nSPS) is 15.7. The minimum absolute atomic E-state index is 0.0538. The van der Waals surface area contributed by atoms with Crippen LogP contribution in [-0.4, -0.2) is 23.9 Å². The number of hydrogen-bond acceptors (Lipinski definition) is 3. The molecule has 0 N–H and O–H groups in total. The summed E-state index contributed by atoms with van der Waals surface area (Å²) in [7, 11) is 0. The summed E-state index contributed by atoms with van der Waals surface area (Å²) in [6.45, 7) is 1.52. The summed E-state index contributed by atoms with van der Waals surface area (Å²) in [4.78, 5) is 25.1. The van der Waals surface area contributed by atoms with E-state index in [0.717, 1.165) is 32.4 Å². The van der Waals surface area contributed by atoms with Crippen molar-refractivity contribution in [1.29, 1.82) is 0 Å². The van der Waals surface area contributed by atoms with Crippen LogP contribution in [0.3, 0.4) is 0 Å². The Hall–Kier alpha value is -2.36. The number of carbonyl (C=O) groups excluding carboxylic acids is 1. The molecule has 2 heterocycles. The van der Waals surface area contributed by atoms with Crippen LogP contribution in [0.5, 0.6) is 0 Å². The van der Waals surface area contributed by atoms with Crippen molar-refractivity contribution in [3.05, 3.63) is 70.3 Å². The zero-order valence-corrected chi connectivity index (χ0v) is 12.4. The van der Waals surface area contributed by atoms with Crippen LogP contribution in [0.2, 0.25) is 0 Å². The molecule has 1 aromatic carbocycles. The molecule has 114 valence electrons. The van der Waals surface area contributed by atoms with Crippen LogP contribution in [-0.2, 0) is 6.42 Å². The van der Waals surface area contributed by atoms with Crippen LogP contribution in [0.1, 0.15) is 28.8 Å². The molecule has 1 aliphatic heterocycles. The lowest BCUT2D eigenvalue weighted by Gasteiger charge is -2.32. The number of hydrogen-bond donors (Lipinski definition) is 0. The summed E-state index contributed by atoms with van der Waals surface area (Å²) < 4.78 is 4.77. The second-order valence-corrected chi connectivity index (χ2v) is 5.77. The molecule has 1 saturated heterocycles. The van der Waals surface area contributed by atoms with Gasteiger partial charge in [-0.25, -0.2) is 4.79 Å². The monoisotopic (exact) mass is 297 g/mol. The van der Waals surface area contributed by atoms with E-state index in [-0.39, 0.29) is 5.91 Å². The fourth-order valence-corrected chi connectivity index (χ4v) is 2.95. The van der Waals surface area contributed by atoms with Crippen LogP contribution >= 0.6 is 0 Å². The molecule has 0 unspecified atom stereocenters. The van der Waals surface area contributed by atoms with Crippen molar-refractivity contribution in [3.8, 4) is 0 Å². The zero-order chi connectivity index (χ0) is 15.4. The van der Waals surface area contributed by atoms with Crippen molar-refractivity contribution in [2.75, 3.05) is 13.1 Å². The van der Waals surface area contributed by atoms with Gasteiger partial charge in [0.1, 0.15) is 6.26 Å². The van der Waals surface area contributed by atoms with Crippen LogP contribution in [0, 0.1) is 5.92 Å². The minimum Gasteiger partial charge on any atom is -0.430 e. The maximum absolute atomic E-state index is 12.3. The molecule has 4 heteroatoms. The van der Waals surface area contributed by atoms with Crippen molar-refractivity contribution in [2.24, 2.45) is 5.92 Å². The molecule has 0 aliphatic carbocycles. The first-order chi connectivity index (χ1) is 10.7. The highest BCUT2D eigenvalue weighted by atomic mass is 16.4. The van der Waals surface area contributed by atoms with Gasteiger partial charge in [0.15, 0.2) is 0 Å². The van der Waals surface area contributed by atoms with Crippen LogP contribution in [0.4, 0.5) is 0 Å². The van der Waals surface area contributed by atoms with E-state index >= 15 is 0 Å². The maximum Gasteiger partial charge on any atom is 0.335 e. The lowest BCUT2D eigenvalue weighted by atomic mass is 9.90. The highest BCUT2D eigenvalue weighted by Crippen LogP contribution is 2.22. The van der Waals surface area contributed by atoms with Crippen molar-refractivity contribution in [3.63, 3.8) is 0 Å². The van der Waals surface area contributed by atoms with E-state index in [2.05, 4.69) is 24.3 Å². The van der Waals surface area contributed by atoms with Gasteiger partial charge in [0, 0.05) is 19.2 Å². The van der Waals surface area contributed by atoms with Gasteiger partial charge in [0.05, 0.1) is 5.56 Å². The number of amides is 1. The van der Waals surface area contributed by atoms with E-state index in [9.17, 15) is 9.59 Å². The number of piperidine rings is 1. The first-order valence-electron chi connectivity index (χ1n) is 7.64. The second-order valence-electron chi connectivity index (χ2n) is 5.77. The van der Waals surface area contributed by atoms with Gasteiger partial charge in [-0.1, -0.05) is 30.3 Å². The zero-order valence-electron chi connectivity index (χ0n) is 12.4. The highest BCUT2D eigenvalue weighted by Gasteiger charge is 2.24. The Morgan fingerprint density at radius 2 is 1.82 bits per heavy atom. The van der Waals surface area contributed by atoms with Crippen molar-refractivity contribution in [1.82, 2.24) is 4.90 Å². The molecule has 0 spiro atoms. The summed E-state index contributed by atoms with van der Waals surface area (Å²) in [6.07, 6.45) is 4.35. The molecule has 1 aromatic heterocycles. The molecule has 4 nitrogen and oxygen atoms in total. The SMILES string of the molecule is O=C(c1ccc(=O)oc1)N1CCC(Cc2ccccc2)CC1. The first kappa shape index (κ1) is 14.6. The van der Waals surface area contributed by atoms with Gasteiger partial charge in [-0.3, -0.25) is 4.79 Å². The third-order valence-corrected chi connectivity index (χ3v) is 4.22. The summed E-state index contributed by atoms with van der Waals surface area (Å²) in [5, 5.41) is 0. The van der Waals surface area contributed by atoms with Crippen LogP contribution < -0.4 is 5.63 Å². The van der Waals surface area contributed by atoms with E-state index in [1.165, 1.54) is 24.0 Å². The van der Waals surface area contributed by atoms with E-state index in [1.54, 1.807) is 0 Å². The fraction of sp³-hybridized carbons (Fsp3) is 0.333. The fourth-order valence-electron chi connectivity index (χ4n) is 2.95. The quantitative estimate of drug-likeness (QED) is 0.875. The number of carbonyl (C=O) groups is 1. The smallest absolute Gasteiger partial charge is 0.335 e. The molecular weight excluding hydrogens is 278 g/mol. The summed E-state index contributed by atoms with van der Waals surface area (Å²) >= 11 is 0. The third-order valence-electron chi connectivity index (χ3n) is 4.22. The molecule has 0 atom stereocenters. The second kappa shape index (κ2) is 6.60. The van der Waals surface area contributed by atoms with Gasteiger partial charge in [-0.05, 0) is 36.8 Å². The molecule has 2 aromatic rings. The Morgan fingerprint density at radius 3 is 2.45 bits per heavy atom. The molecule has 1 amide bonds. The molecule has 0 radical (unpaired) electrons. The number of benzene rings is 1. The Morgan fingerprint density at radius 1 is 1.09 bits per heavy atom. The Kier molecular flexibility index (Phi) is 4.37. The minimum atomic E-state index is -0.432. The number of nitrogens with zero attached hydrogens (tertiary/aromatic N) is 1. The predicted molar refractivity (Wildman–Crippen MR) is 83.8 cm³/mol. The number of likely N-dealkylation sites (tertiary alicyclic amines) is 1. The molecule has 3 rings (SSSR count). The van der Waals surface area contributed by atoms with Crippen molar-refractivity contribution in [2.45, 2.75) is 19.3 Å². The van der Waals surface area contributed by atoms with E-state index in [0.29, 0.717) is 11.5 Å². The van der Waals surface area contributed by atoms with Crippen molar-refractivity contribution >= 4 is 5.91 Å². The topological polar surface area (TPSA) is 50.5 Å². The van der Waals surface area contributed by atoms with Gasteiger partial charge in [0.25, 0.3) is 5.91 Å². The Labute approximate surface area is 129 Å². The summed E-state index contributed by atoms with van der Waals surface area (Å²) in [5.74, 6) is 0.571. The number of rotatable bonds is 3. The average molecular weight is 297 g/mol. The summed E-state index contributed by atoms with van der Waals surface area (Å²) in [5.41, 5.74) is 1.37.